The number of ether oxygens (including phenoxy) is 2. The zero-order valence-electron chi connectivity index (χ0n) is 14.3. The number of hydrogen-bond donors (Lipinski definition) is 0. The predicted molar refractivity (Wildman–Crippen MR) is 103 cm³/mol. The Hall–Kier alpha value is -2.79. The number of para-hydroxylation sites is 2. The Morgan fingerprint density at radius 2 is 1.85 bits per heavy atom. The molecule has 1 aromatic heterocycles. The van der Waals surface area contributed by atoms with E-state index in [1.54, 1.807) is 18.4 Å². The largest absolute Gasteiger partial charge is 0.496 e. The highest BCUT2D eigenvalue weighted by Crippen LogP contribution is 2.48. The second kappa shape index (κ2) is 6.18. The van der Waals surface area contributed by atoms with Crippen molar-refractivity contribution in [2.24, 2.45) is 5.10 Å². The average Bonchev–Trinajstić information content (AvgIpc) is 3.37. The molecule has 5 heteroatoms. The monoisotopic (exact) mass is 362 g/mol. The van der Waals surface area contributed by atoms with Gasteiger partial charge >= 0.3 is 0 Å². The Morgan fingerprint density at radius 1 is 1.04 bits per heavy atom. The molecule has 2 aromatic carbocycles. The van der Waals surface area contributed by atoms with Gasteiger partial charge in [0.15, 0.2) is 0 Å². The van der Waals surface area contributed by atoms with Crippen molar-refractivity contribution in [1.82, 2.24) is 5.01 Å². The predicted octanol–water partition coefficient (Wildman–Crippen LogP) is 5.00. The van der Waals surface area contributed by atoms with Gasteiger partial charge in [0.2, 0.25) is 6.23 Å². The Labute approximate surface area is 156 Å². The maximum atomic E-state index is 6.38. The van der Waals surface area contributed by atoms with E-state index in [0.29, 0.717) is 0 Å². The van der Waals surface area contributed by atoms with Gasteiger partial charge in [0.25, 0.3) is 0 Å². The van der Waals surface area contributed by atoms with E-state index in [1.807, 2.05) is 36.4 Å². The maximum absolute atomic E-state index is 6.38. The summed E-state index contributed by atoms with van der Waals surface area (Å²) >= 11 is 1.73. The summed E-state index contributed by atoms with van der Waals surface area (Å²) in [7, 11) is 1.69. The number of nitrogens with zero attached hydrogens (tertiary/aromatic N) is 2. The van der Waals surface area contributed by atoms with E-state index < -0.39 is 0 Å². The van der Waals surface area contributed by atoms with Gasteiger partial charge < -0.3 is 9.47 Å². The molecule has 0 bridgehead atoms. The molecule has 2 atom stereocenters. The number of fused-ring (bicyclic) bond motifs is 3. The normalized spacial score (nSPS) is 20.8. The van der Waals surface area contributed by atoms with Crippen molar-refractivity contribution < 1.29 is 9.47 Å². The first-order valence-corrected chi connectivity index (χ1v) is 9.51. The second-order valence-corrected chi connectivity index (χ2v) is 7.32. The SMILES string of the molecule is COc1ccccc1[C@H]1Oc2ccccc2[C@H]2CC(c3cccs3)=NN21. The van der Waals surface area contributed by atoms with Crippen LogP contribution < -0.4 is 9.47 Å². The lowest BCUT2D eigenvalue weighted by Gasteiger charge is -2.38. The minimum atomic E-state index is -0.302. The number of hydrogen-bond acceptors (Lipinski definition) is 5. The van der Waals surface area contributed by atoms with Gasteiger partial charge in [-0.25, -0.2) is 5.01 Å². The molecule has 130 valence electrons. The first-order chi connectivity index (χ1) is 12.8. The highest BCUT2D eigenvalue weighted by molar-refractivity contribution is 7.12. The summed E-state index contributed by atoms with van der Waals surface area (Å²) < 4.78 is 12.0. The molecule has 5 rings (SSSR count). The molecule has 0 unspecified atom stereocenters. The molecule has 0 radical (unpaired) electrons. The third kappa shape index (κ3) is 2.39. The molecule has 4 nitrogen and oxygen atoms in total. The van der Waals surface area contributed by atoms with Gasteiger partial charge in [-0.05, 0) is 29.6 Å². The zero-order chi connectivity index (χ0) is 17.5. The van der Waals surface area contributed by atoms with E-state index in [1.165, 1.54) is 10.4 Å². The van der Waals surface area contributed by atoms with Gasteiger partial charge in [0.1, 0.15) is 11.5 Å². The molecule has 0 amide bonds. The lowest BCUT2D eigenvalue weighted by atomic mass is 9.97. The van der Waals surface area contributed by atoms with Gasteiger partial charge in [0, 0.05) is 12.0 Å². The molecule has 0 saturated heterocycles. The average molecular weight is 362 g/mol. The van der Waals surface area contributed by atoms with Crippen LogP contribution in [0.5, 0.6) is 11.5 Å². The summed E-state index contributed by atoms with van der Waals surface area (Å²) in [5, 5.41) is 9.15. The van der Waals surface area contributed by atoms with Crippen LogP contribution in [-0.4, -0.2) is 17.8 Å². The third-order valence-corrected chi connectivity index (χ3v) is 5.83. The van der Waals surface area contributed by atoms with Crippen LogP contribution in [0.25, 0.3) is 0 Å². The van der Waals surface area contributed by atoms with Crippen molar-refractivity contribution >= 4 is 17.0 Å². The van der Waals surface area contributed by atoms with Crippen molar-refractivity contribution in [3.8, 4) is 11.5 Å². The fourth-order valence-electron chi connectivity index (χ4n) is 3.70. The first kappa shape index (κ1) is 15.5. The standard InChI is InChI=1S/C21H18N2O2S/c1-24-18-9-4-3-8-15(18)21-23-17(14-7-2-5-10-19(14)25-21)13-16(22-23)20-11-6-12-26-20/h2-12,17,21H,13H2,1H3/t17-,21-/m1/s1. The molecule has 0 aliphatic carbocycles. The van der Waals surface area contributed by atoms with Gasteiger partial charge in [-0.1, -0.05) is 36.4 Å². The molecule has 2 aliphatic heterocycles. The van der Waals surface area contributed by atoms with Crippen LogP contribution in [0.1, 0.15) is 34.7 Å². The lowest BCUT2D eigenvalue weighted by molar-refractivity contribution is -0.0203. The highest BCUT2D eigenvalue weighted by Gasteiger charge is 2.41. The lowest BCUT2D eigenvalue weighted by Crippen LogP contribution is -2.33. The molecule has 3 aromatic rings. The first-order valence-electron chi connectivity index (χ1n) is 8.63. The number of hydrazone groups is 1. The van der Waals surface area contributed by atoms with Crippen LogP contribution in [0.3, 0.4) is 0 Å². The Morgan fingerprint density at radius 3 is 2.65 bits per heavy atom. The van der Waals surface area contributed by atoms with Gasteiger partial charge in [-0.2, -0.15) is 5.10 Å². The quantitative estimate of drug-likeness (QED) is 0.658. The van der Waals surface area contributed by atoms with Crippen molar-refractivity contribution in [3.63, 3.8) is 0 Å². The number of benzene rings is 2. The fourth-order valence-corrected chi connectivity index (χ4v) is 4.42. The van der Waals surface area contributed by atoms with E-state index in [0.717, 1.165) is 29.2 Å². The molecule has 0 saturated carbocycles. The Kier molecular flexibility index (Phi) is 3.68. The minimum absolute atomic E-state index is 0.173. The topological polar surface area (TPSA) is 34.1 Å². The van der Waals surface area contributed by atoms with E-state index in [2.05, 4.69) is 34.7 Å². The summed E-state index contributed by atoms with van der Waals surface area (Å²) in [6.07, 6.45) is 0.579. The molecule has 0 fully saturated rings. The highest BCUT2D eigenvalue weighted by atomic mass is 32.1. The smallest absolute Gasteiger partial charge is 0.217 e. The van der Waals surface area contributed by atoms with Crippen molar-refractivity contribution in [2.75, 3.05) is 7.11 Å². The van der Waals surface area contributed by atoms with Crippen LogP contribution in [0, 0.1) is 0 Å². The molecule has 0 spiro atoms. The Balaban J connectivity index is 1.63. The number of thiophene rings is 1. The summed E-state index contributed by atoms with van der Waals surface area (Å²) in [5.74, 6) is 1.74. The summed E-state index contributed by atoms with van der Waals surface area (Å²) in [5.41, 5.74) is 3.30. The molecule has 3 heterocycles. The third-order valence-electron chi connectivity index (χ3n) is 4.91. The van der Waals surface area contributed by atoms with E-state index in [-0.39, 0.29) is 12.3 Å². The molecular formula is C21H18N2O2S. The van der Waals surface area contributed by atoms with E-state index in [4.69, 9.17) is 14.6 Å². The minimum Gasteiger partial charge on any atom is -0.496 e. The van der Waals surface area contributed by atoms with Gasteiger partial charge in [-0.3, -0.25) is 0 Å². The van der Waals surface area contributed by atoms with Crippen LogP contribution >= 0.6 is 11.3 Å². The van der Waals surface area contributed by atoms with Crippen LogP contribution in [0.15, 0.2) is 71.1 Å². The van der Waals surface area contributed by atoms with Gasteiger partial charge in [0.05, 0.1) is 29.3 Å². The van der Waals surface area contributed by atoms with Crippen molar-refractivity contribution in [1.29, 1.82) is 0 Å². The molecule has 26 heavy (non-hydrogen) atoms. The Bertz CT molecular complexity index is 968. The zero-order valence-corrected chi connectivity index (χ0v) is 15.1. The fraction of sp³-hybridized carbons (Fsp3) is 0.190. The molecular weight excluding hydrogens is 344 g/mol. The summed E-state index contributed by atoms with van der Waals surface area (Å²) in [6.45, 7) is 0. The van der Waals surface area contributed by atoms with E-state index >= 15 is 0 Å². The molecule has 2 aliphatic rings. The van der Waals surface area contributed by atoms with Crippen molar-refractivity contribution in [3.05, 3.63) is 82.0 Å². The number of rotatable bonds is 3. The summed E-state index contributed by atoms with van der Waals surface area (Å²) in [6, 6.07) is 20.6. The van der Waals surface area contributed by atoms with Crippen molar-refractivity contribution in [2.45, 2.75) is 18.7 Å². The van der Waals surface area contributed by atoms with Crippen LogP contribution in [0.2, 0.25) is 0 Å². The second-order valence-electron chi connectivity index (χ2n) is 6.37. The van der Waals surface area contributed by atoms with Gasteiger partial charge in [-0.15, -0.1) is 11.3 Å². The van der Waals surface area contributed by atoms with E-state index in [9.17, 15) is 0 Å². The molecule has 0 N–H and O–H groups in total. The summed E-state index contributed by atoms with van der Waals surface area (Å²) in [4.78, 5) is 1.22. The van der Waals surface area contributed by atoms with Crippen LogP contribution in [-0.2, 0) is 0 Å². The van der Waals surface area contributed by atoms with Crippen LogP contribution in [0.4, 0.5) is 0 Å². The number of methoxy groups -OCH3 is 1. The maximum Gasteiger partial charge on any atom is 0.217 e.